The Bertz CT molecular complexity index is 993. The Hall–Kier alpha value is -2.64. The number of nitrogens with zero attached hydrogens (tertiary/aromatic N) is 1. The molecule has 2 aliphatic heterocycles. The molecule has 152 valence electrons. The van der Waals surface area contributed by atoms with Crippen LogP contribution in [0.3, 0.4) is 0 Å². The summed E-state index contributed by atoms with van der Waals surface area (Å²) in [5, 5.41) is 3.04. The molecule has 29 heavy (non-hydrogen) atoms. The van der Waals surface area contributed by atoms with E-state index in [-0.39, 0.29) is 22.6 Å². The van der Waals surface area contributed by atoms with Crippen molar-refractivity contribution in [3.05, 3.63) is 52.3 Å². The summed E-state index contributed by atoms with van der Waals surface area (Å²) in [5.74, 6) is -0.413. The van der Waals surface area contributed by atoms with Crippen molar-refractivity contribution in [1.29, 1.82) is 0 Å². The first kappa shape index (κ1) is 19.7. The van der Waals surface area contributed by atoms with Crippen LogP contribution in [0.2, 0.25) is 5.02 Å². The largest absolute Gasteiger partial charge is 0.453 e. The van der Waals surface area contributed by atoms with Gasteiger partial charge in [0.25, 0.3) is 0 Å². The fourth-order valence-corrected chi connectivity index (χ4v) is 3.67. The van der Waals surface area contributed by atoms with Gasteiger partial charge in [0.05, 0.1) is 17.3 Å². The van der Waals surface area contributed by atoms with Gasteiger partial charge in [0.1, 0.15) is 23.7 Å². The molecule has 0 unspecified atom stereocenters. The number of amides is 2. The molecule has 2 aromatic carbocycles. The molecule has 1 N–H and O–H groups in total. The molecule has 0 aliphatic carbocycles. The number of nitrogens with one attached hydrogen (secondary N) is 1. The molecule has 2 aromatic rings. The number of hydrogen-bond donors (Lipinski definition) is 1. The van der Waals surface area contributed by atoms with Crippen molar-refractivity contribution < 1.29 is 23.5 Å². The van der Waals surface area contributed by atoms with Crippen LogP contribution in [0, 0.1) is 12.7 Å². The third-order valence-corrected chi connectivity index (χ3v) is 5.53. The first-order valence-electron chi connectivity index (χ1n) is 9.30. The van der Waals surface area contributed by atoms with E-state index in [2.05, 4.69) is 5.32 Å². The number of carbonyl (C=O) groups excluding carboxylic acids is 2. The van der Waals surface area contributed by atoms with Crippen LogP contribution in [0.15, 0.2) is 30.3 Å². The van der Waals surface area contributed by atoms with E-state index in [1.807, 2.05) is 19.1 Å². The Morgan fingerprint density at radius 2 is 2.10 bits per heavy atom. The van der Waals surface area contributed by atoms with E-state index >= 15 is 0 Å². The maximum Gasteiger partial charge on any atom is 0.249 e. The van der Waals surface area contributed by atoms with Crippen LogP contribution < -0.4 is 15.0 Å². The summed E-state index contributed by atoms with van der Waals surface area (Å²) in [6.45, 7) is 2.39. The summed E-state index contributed by atoms with van der Waals surface area (Å²) in [6.07, 6.45) is 0.497. The summed E-state index contributed by atoms with van der Waals surface area (Å²) >= 11 is 6.14. The van der Waals surface area contributed by atoms with Crippen LogP contribution in [-0.4, -0.2) is 37.6 Å². The fourth-order valence-electron chi connectivity index (χ4n) is 3.51. The third kappa shape index (κ3) is 3.68. The van der Waals surface area contributed by atoms with E-state index in [0.29, 0.717) is 30.9 Å². The fraction of sp³-hybridized carbons (Fsp3) is 0.333. The smallest absolute Gasteiger partial charge is 0.249 e. The lowest BCUT2D eigenvalue weighted by Gasteiger charge is -2.35. The normalized spacial score (nSPS) is 20.7. The maximum absolute atomic E-state index is 13.6. The van der Waals surface area contributed by atoms with Crippen molar-refractivity contribution in [1.82, 2.24) is 5.32 Å². The molecule has 2 aliphatic rings. The Kier molecular flexibility index (Phi) is 5.19. The summed E-state index contributed by atoms with van der Waals surface area (Å²) in [4.78, 5) is 26.6. The van der Waals surface area contributed by atoms with Gasteiger partial charge in [0.2, 0.25) is 11.8 Å². The van der Waals surface area contributed by atoms with Crippen molar-refractivity contribution in [3.8, 4) is 11.5 Å². The number of aryl methyl sites for hydroxylation is 1. The van der Waals surface area contributed by atoms with Gasteiger partial charge in [-0.1, -0.05) is 23.7 Å². The highest BCUT2D eigenvalue weighted by Gasteiger charge is 2.37. The van der Waals surface area contributed by atoms with Crippen LogP contribution in [0.25, 0.3) is 0 Å². The molecule has 2 atom stereocenters. The second-order valence-electron chi connectivity index (χ2n) is 7.21. The first-order valence-corrected chi connectivity index (χ1v) is 9.68. The maximum atomic E-state index is 13.6. The number of benzene rings is 2. The molecule has 0 aromatic heterocycles. The van der Waals surface area contributed by atoms with E-state index < -0.39 is 18.0 Å². The predicted octanol–water partition coefficient (Wildman–Crippen LogP) is 3.37. The number of fused-ring (bicyclic) bond motifs is 1. The van der Waals surface area contributed by atoms with Gasteiger partial charge in [-0.3, -0.25) is 9.59 Å². The molecule has 2 amide bonds. The Labute approximate surface area is 172 Å². The van der Waals surface area contributed by atoms with E-state index in [1.54, 1.807) is 7.05 Å². The average Bonchev–Trinajstić information content (AvgIpc) is 2.63. The quantitative estimate of drug-likeness (QED) is 0.826. The second kappa shape index (κ2) is 7.65. The molecule has 0 saturated carbocycles. The van der Waals surface area contributed by atoms with Gasteiger partial charge in [-0.2, -0.15) is 0 Å². The van der Waals surface area contributed by atoms with Crippen LogP contribution >= 0.6 is 11.6 Å². The number of halogens is 2. The lowest BCUT2D eigenvalue weighted by molar-refractivity contribution is -0.147. The molecule has 8 heteroatoms. The van der Waals surface area contributed by atoms with E-state index in [4.69, 9.17) is 21.1 Å². The number of likely N-dealkylation sites (N-methyl/N-ethyl adjacent to an activating group) is 1. The molecular formula is C21H20ClFN2O4. The summed E-state index contributed by atoms with van der Waals surface area (Å²) < 4.78 is 24.8. The summed E-state index contributed by atoms with van der Waals surface area (Å²) in [6, 6.07) is 6.94. The van der Waals surface area contributed by atoms with E-state index in [9.17, 15) is 14.0 Å². The molecule has 0 bridgehead atoms. The zero-order valence-corrected chi connectivity index (χ0v) is 16.8. The first-order chi connectivity index (χ1) is 13.8. The molecule has 0 spiro atoms. The zero-order valence-electron chi connectivity index (χ0n) is 16.0. The highest BCUT2D eigenvalue weighted by atomic mass is 35.5. The number of rotatable bonds is 4. The highest BCUT2D eigenvalue weighted by molar-refractivity contribution is 6.32. The van der Waals surface area contributed by atoms with E-state index in [1.165, 1.54) is 23.1 Å². The van der Waals surface area contributed by atoms with Crippen molar-refractivity contribution in [2.75, 3.05) is 18.6 Å². The van der Waals surface area contributed by atoms with Gasteiger partial charge in [0.15, 0.2) is 5.75 Å². The van der Waals surface area contributed by atoms with Crippen LogP contribution in [-0.2, 0) is 20.7 Å². The standard InChI is InChI=1S/C21H20ClFN2O4/c1-11-3-4-12-9-15(24-20(26)16-7-8-28-16)21(27)25(2)18(12)19(11)29-17-10-13(23)5-6-14(17)22/h3-6,10,15-16H,7-9H2,1-2H3,(H,24,26)/t15-,16+/m1/s1. The summed E-state index contributed by atoms with van der Waals surface area (Å²) in [7, 11) is 1.62. The molecule has 2 heterocycles. The third-order valence-electron chi connectivity index (χ3n) is 5.21. The predicted molar refractivity (Wildman–Crippen MR) is 106 cm³/mol. The van der Waals surface area contributed by atoms with Gasteiger partial charge >= 0.3 is 0 Å². The summed E-state index contributed by atoms with van der Waals surface area (Å²) in [5.41, 5.74) is 2.19. The molecule has 1 saturated heterocycles. The Morgan fingerprint density at radius 3 is 2.79 bits per heavy atom. The van der Waals surface area contributed by atoms with Gasteiger partial charge in [0, 0.05) is 26.0 Å². The lowest BCUT2D eigenvalue weighted by Crippen LogP contribution is -2.55. The van der Waals surface area contributed by atoms with Crippen LogP contribution in [0.4, 0.5) is 10.1 Å². The Balaban J connectivity index is 1.65. The van der Waals surface area contributed by atoms with Crippen molar-refractivity contribution in [2.24, 2.45) is 0 Å². The van der Waals surface area contributed by atoms with Gasteiger partial charge in [-0.15, -0.1) is 0 Å². The average molecular weight is 419 g/mol. The van der Waals surface area contributed by atoms with Crippen molar-refractivity contribution >= 4 is 29.1 Å². The van der Waals surface area contributed by atoms with Crippen LogP contribution in [0.1, 0.15) is 17.5 Å². The van der Waals surface area contributed by atoms with Gasteiger partial charge < -0.3 is 19.7 Å². The van der Waals surface area contributed by atoms with Gasteiger partial charge in [-0.05, 0) is 30.2 Å². The van der Waals surface area contributed by atoms with Crippen molar-refractivity contribution in [3.63, 3.8) is 0 Å². The number of carbonyl (C=O) groups is 2. The SMILES string of the molecule is Cc1ccc2c(c1Oc1cc(F)ccc1Cl)N(C)C(=O)[C@H](NC(=O)[C@@H]1CCO1)C2. The van der Waals surface area contributed by atoms with E-state index in [0.717, 1.165) is 11.1 Å². The highest BCUT2D eigenvalue weighted by Crippen LogP contribution is 2.42. The zero-order chi connectivity index (χ0) is 20.7. The topological polar surface area (TPSA) is 67.9 Å². The molecule has 0 radical (unpaired) electrons. The molecular weight excluding hydrogens is 399 g/mol. The molecule has 1 fully saturated rings. The van der Waals surface area contributed by atoms with Crippen LogP contribution in [0.5, 0.6) is 11.5 Å². The second-order valence-corrected chi connectivity index (χ2v) is 7.61. The lowest BCUT2D eigenvalue weighted by atomic mass is 9.95. The number of ether oxygens (including phenoxy) is 2. The van der Waals surface area contributed by atoms with Gasteiger partial charge in [-0.25, -0.2) is 4.39 Å². The minimum atomic E-state index is -0.683. The monoisotopic (exact) mass is 418 g/mol. The number of hydrogen-bond acceptors (Lipinski definition) is 4. The minimum absolute atomic E-state index is 0.168. The molecule has 4 rings (SSSR count). The molecule has 6 nitrogen and oxygen atoms in total. The van der Waals surface area contributed by atoms with Crippen molar-refractivity contribution in [2.45, 2.75) is 31.9 Å². The minimum Gasteiger partial charge on any atom is -0.453 e. The number of anilines is 1. The Morgan fingerprint density at radius 1 is 1.34 bits per heavy atom.